The van der Waals surface area contributed by atoms with E-state index in [1.165, 1.54) is 6.92 Å². The Morgan fingerprint density at radius 2 is 1.48 bits per heavy atom. The number of anilines is 2. The van der Waals surface area contributed by atoms with Crippen molar-refractivity contribution >= 4 is 29.1 Å². The minimum Gasteiger partial charge on any atom is -0.340 e. The van der Waals surface area contributed by atoms with E-state index in [1.807, 2.05) is 7.05 Å². The zero-order chi connectivity index (χ0) is 16.8. The fourth-order valence-corrected chi connectivity index (χ4v) is 2.35. The predicted octanol–water partition coefficient (Wildman–Crippen LogP) is 0.748. The Hall–Kier alpha value is -2.41. The summed E-state index contributed by atoms with van der Waals surface area (Å²) in [7, 11) is 2.01. The quantitative estimate of drug-likeness (QED) is 0.803. The lowest BCUT2D eigenvalue weighted by Gasteiger charge is -2.32. The Labute approximate surface area is 135 Å². The number of piperazine rings is 1. The normalized spacial score (nSPS) is 15.1. The fourth-order valence-electron chi connectivity index (χ4n) is 2.35. The van der Waals surface area contributed by atoms with Gasteiger partial charge in [0.25, 0.3) is 0 Å². The number of rotatable bonds is 4. The molecule has 1 heterocycles. The molecule has 0 bridgehead atoms. The zero-order valence-electron chi connectivity index (χ0n) is 13.5. The first kappa shape index (κ1) is 17.0. The zero-order valence-corrected chi connectivity index (χ0v) is 13.5. The van der Waals surface area contributed by atoms with Gasteiger partial charge in [0, 0.05) is 44.5 Å². The molecule has 0 saturated carbocycles. The molecule has 1 aromatic carbocycles. The molecule has 1 aromatic rings. The molecule has 0 spiro atoms. The van der Waals surface area contributed by atoms with Crippen molar-refractivity contribution in [3.63, 3.8) is 0 Å². The van der Waals surface area contributed by atoms with Gasteiger partial charge >= 0.3 is 0 Å². The van der Waals surface area contributed by atoms with Crippen LogP contribution in [0.4, 0.5) is 11.4 Å². The number of carbonyl (C=O) groups is 3. The van der Waals surface area contributed by atoms with Crippen LogP contribution in [0.25, 0.3) is 0 Å². The number of benzene rings is 1. The maximum atomic E-state index is 12.1. The van der Waals surface area contributed by atoms with Crippen LogP contribution in [0.3, 0.4) is 0 Å². The van der Waals surface area contributed by atoms with Gasteiger partial charge < -0.3 is 20.4 Å². The first-order valence-electron chi connectivity index (χ1n) is 7.58. The average molecular weight is 318 g/mol. The van der Waals surface area contributed by atoms with E-state index in [0.29, 0.717) is 24.5 Å². The number of carbonyl (C=O) groups excluding carboxylic acids is 3. The summed E-state index contributed by atoms with van der Waals surface area (Å²) in [6.45, 7) is 4.41. The third-order valence-corrected chi connectivity index (χ3v) is 3.66. The van der Waals surface area contributed by atoms with Crippen LogP contribution in [0, 0.1) is 0 Å². The molecule has 0 atom stereocenters. The molecule has 0 aliphatic carbocycles. The number of hydrogen-bond donors (Lipinski definition) is 2. The van der Waals surface area contributed by atoms with Gasteiger partial charge in [-0.05, 0) is 31.3 Å². The van der Waals surface area contributed by atoms with Crippen molar-refractivity contribution in [3.05, 3.63) is 24.3 Å². The monoisotopic (exact) mass is 318 g/mol. The van der Waals surface area contributed by atoms with E-state index in [-0.39, 0.29) is 24.1 Å². The van der Waals surface area contributed by atoms with Crippen molar-refractivity contribution in [1.29, 1.82) is 0 Å². The smallest absolute Gasteiger partial charge is 0.233 e. The number of likely N-dealkylation sites (N-methyl/N-ethyl adjacent to an activating group) is 1. The number of nitrogens with one attached hydrogen (secondary N) is 2. The van der Waals surface area contributed by atoms with Gasteiger partial charge in [-0.1, -0.05) is 0 Å². The van der Waals surface area contributed by atoms with E-state index in [4.69, 9.17) is 0 Å². The lowest BCUT2D eigenvalue weighted by molar-refractivity contribution is -0.135. The highest BCUT2D eigenvalue weighted by atomic mass is 16.2. The summed E-state index contributed by atoms with van der Waals surface area (Å²) >= 11 is 0. The Morgan fingerprint density at radius 3 is 2.00 bits per heavy atom. The number of hydrogen-bond acceptors (Lipinski definition) is 4. The number of amides is 3. The van der Waals surface area contributed by atoms with Crippen LogP contribution < -0.4 is 10.6 Å². The molecule has 2 N–H and O–H groups in total. The Bertz CT molecular complexity index is 577. The van der Waals surface area contributed by atoms with Gasteiger partial charge in [-0.15, -0.1) is 0 Å². The van der Waals surface area contributed by atoms with Crippen LogP contribution in [0.15, 0.2) is 24.3 Å². The van der Waals surface area contributed by atoms with Crippen LogP contribution in [-0.4, -0.2) is 60.7 Å². The van der Waals surface area contributed by atoms with Crippen molar-refractivity contribution < 1.29 is 14.4 Å². The second kappa shape index (κ2) is 7.73. The van der Waals surface area contributed by atoms with Gasteiger partial charge in [-0.3, -0.25) is 14.4 Å². The second-order valence-electron chi connectivity index (χ2n) is 5.67. The summed E-state index contributed by atoms with van der Waals surface area (Å²) in [6.07, 6.45) is -0.156. The molecule has 7 nitrogen and oxygen atoms in total. The van der Waals surface area contributed by atoms with Gasteiger partial charge in [0.05, 0.1) is 0 Å². The van der Waals surface area contributed by atoms with E-state index >= 15 is 0 Å². The lowest BCUT2D eigenvalue weighted by atomic mass is 10.2. The molecule has 23 heavy (non-hydrogen) atoms. The van der Waals surface area contributed by atoms with Crippen LogP contribution in [0.2, 0.25) is 0 Å². The van der Waals surface area contributed by atoms with Crippen molar-refractivity contribution in [2.75, 3.05) is 43.9 Å². The first-order chi connectivity index (χ1) is 10.9. The minimum absolute atomic E-state index is 0.148. The predicted molar refractivity (Wildman–Crippen MR) is 88.1 cm³/mol. The third kappa shape index (κ3) is 5.37. The maximum Gasteiger partial charge on any atom is 0.233 e. The van der Waals surface area contributed by atoms with Gasteiger partial charge in [0.15, 0.2) is 0 Å². The summed E-state index contributed by atoms with van der Waals surface area (Å²) in [6, 6.07) is 6.76. The molecule has 0 unspecified atom stereocenters. The van der Waals surface area contributed by atoms with Crippen LogP contribution in [0.5, 0.6) is 0 Å². The standard InChI is InChI=1S/C16H22N4O3/c1-12(21)17-13-3-5-14(6-4-13)18-15(22)11-16(23)20-9-7-19(2)8-10-20/h3-6H,7-11H2,1-2H3,(H,17,21)(H,18,22). The number of nitrogens with zero attached hydrogens (tertiary/aromatic N) is 2. The lowest BCUT2D eigenvalue weighted by Crippen LogP contribution is -2.47. The SMILES string of the molecule is CC(=O)Nc1ccc(NC(=O)CC(=O)N2CCN(C)CC2)cc1. The molecule has 0 aromatic heterocycles. The molecule has 124 valence electrons. The molecule has 3 amide bonds. The molecule has 0 radical (unpaired) electrons. The second-order valence-corrected chi connectivity index (χ2v) is 5.67. The molecule has 1 aliphatic rings. The van der Waals surface area contributed by atoms with E-state index < -0.39 is 0 Å². The van der Waals surface area contributed by atoms with E-state index in [2.05, 4.69) is 15.5 Å². The first-order valence-corrected chi connectivity index (χ1v) is 7.58. The molecule has 1 fully saturated rings. The minimum atomic E-state index is -0.332. The van der Waals surface area contributed by atoms with Gasteiger partial charge in [0.2, 0.25) is 17.7 Å². The van der Waals surface area contributed by atoms with Crippen LogP contribution in [-0.2, 0) is 14.4 Å². The highest BCUT2D eigenvalue weighted by Gasteiger charge is 2.21. The Balaban J connectivity index is 1.82. The van der Waals surface area contributed by atoms with Gasteiger partial charge in [0.1, 0.15) is 6.42 Å². The Morgan fingerprint density at radius 1 is 0.957 bits per heavy atom. The van der Waals surface area contributed by atoms with Crippen molar-refractivity contribution in [1.82, 2.24) is 9.80 Å². The third-order valence-electron chi connectivity index (χ3n) is 3.66. The van der Waals surface area contributed by atoms with Gasteiger partial charge in [-0.25, -0.2) is 0 Å². The molecule has 1 aliphatic heterocycles. The van der Waals surface area contributed by atoms with E-state index in [9.17, 15) is 14.4 Å². The molecule has 7 heteroatoms. The van der Waals surface area contributed by atoms with Crippen LogP contribution >= 0.6 is 0 Å². The summed E-state index contributed by atoms with van der Waals surface area (Å²) < 4.78 is 0. The highest BCUT2D eigenvalue weighted by Crippen LogP contribution is 2.14. The van der Waals surface area contributed by atoms with Crippen molar-refractivity contribution in [3.8, 4) is 0 Å². The average Bonchev–Trinajstić information content (AvgIpc) is 2.49. The van der Waals surface area contributed by atoms with E-state index in [1.54, 1.807) is 29.2 Å². The summed E-state index contributed by atoms with van der Waals surface area (Å²) in [4.78, 5) is 38.9. The van der Waals surface area contributed by atoms with Crippen molar-refractivity contribution in [2.45, 2.75) is 13.3 Å². The maximum absolute atomic E-state index is 12.1. The van der Waals surface area contributed by atoms with E-state index in [0.717, 1.165) is 13.1 Å². The largest absolute Gasteiger partial charge is 0.340 e. The highest BCUT2D eigenvalue weighted by molar-refractivity contribution is 6.03. The topological polar surface area (TPSA) is 81.8 Å². The van der Waals surface area contributed by atoms with Crippen LogP contribution in [0.1, 0.15) is 13.3 Å². The molecular weight excluding hydrogens is 296 g/mol. The van der Waals surface area contributed by atoms with Gasteiger partial charge in [-0.2, -0.15) is 0 Å². The molecule has 1 saturated heterocycles. The summed E-state index contributed by atoms with van der Waals surface area (Å²) in [5.41, 5.74) is 1.25. The Kier molecular flexibility index (Phi) is 5.70. The molecular formula is C16H22N4O3. The summed E-state index contributed by atoms with van der Waals surface area (Å²) in [5, 5.41) is 5.34. The van der Waals surface area contributed by atoms with Crippen molar-refractivity contribution in [2.24, 2.45) is 0 Å². The fraction of sp³-hybridized carbons (Fsp3) is 0.438. The molecule has 2 rings (SSSR count). The summed E-state index contributed by atoms with van der Waals surface area (Å²) in [5.74, 6) is -0.633.